The van der Waals surface area contributed by atoms with E-state index in [1.54, 1.807) is 0 Å². The van der Waals surface area contributed by atoms with Crippen LogP contribution in [0.15, 0.2) is 0 Å². The van der Waals surface area contributed by atoms with E-state index < -0.39 is 0 Å². The van der Waals surface area contributed by atoms with Gasteiger partial charge < -0.3 is 9.64 Å². The van der Waals surface area contributed by atoms with Crippen LogP contribution in [-0.2, 0) is 9.53 Å². The number of ether oxygens (including phenoxy) is 1. The zero-order valence-corrected chi connectivity index (χ0v) is 14.0. The quantitative estimate of drug-likeness (QED) is 0.350. The maximum absolute atomic E-state index is 11.5. The molecule has 0 aliphatic heterocycles. The van der Waals surface area contributed by atoms with Crippen molar-refractivity contribution >= 4 is 5.97 Å². The second kappa shape index (κ2) is 14.8. The summed E-state index contributed by atoms with van der Waals surface area (Å²) in [6, 6.07) is 0. The summed E-state index contributed by atoms with van der Waals surface area (Å²) in [6.45, 7) is 10.5. The summed E-state index contributed by atoms with van der Waals surface area (Å²) in [7, 11) is 0. The number of carbonyl (C=O) groups is 1. The number of rotatable bonds is 14. The van der Waals surface area contributed by atoms with Crippen LogP contribution in [0.5, 0.6) is 0 Å². The minimum absolute atomic E-state index is 0.0108. The van der Waals surface area contributed by atoms with Crippen molar-refractivity contribution in [2.24, 2.45) is 0 Å². The lowest BCUT2D eigenvalue weighted by molar-refractivity contribution is -0.143. The molecule has 0 fully saturated rings. The highest BCUT2D eigenvalue weighted by Crippen LogP contribution is 2.07. The van der Waals surface area contributed by atoms with Gasteiger partial charge in [-0.2, -0.15) is 0 Å². The molecule has 0 aromatic heterocycles. The molecule has 0 bridgehead atoms. The van der Waals surface area contributed by atoms with E-state index in [2.05, 4.69) is 25.7 Å². The average Bonchev–Trinajstić information content (AvgIpc) is 2.46. The first-order valence-electron chi connectivity index (χ1n) is 8.62. The highest BCUT2D eigenvalue weighted by Gasteiger charge is 2.03. The van der Waals surface area contributed by atoms with Crippen LogP contribution >= 0.6 is 0 Å². The Balaban J connectivity index is 3.28. The van der Waals surface area contributed by atoms with Crippen molar-refractivity contribution in [3.63, 3.8) is 0 Å². The molecule has 0 radical (unpaired) electrons. The van der Waals surface area contributed by atoms with Crippen molar-refractivity contribution in [1.29, 1.82) is 0 Å². The van der Waals surface area contributed by atoms with E-state index in [-0.39, 0.29) is 5.97 Å². The topological polar surface area (TPSA) is 29.5 Å². The Kier molecular flexibility index (Phi) is 14.4. The van der Waals surface area contributed by atoms with Crippen molar-refractivity contribution < 1.29 is 9.53 Å². The van der Waals surface area contributed by atoms with Gasteiger partial charge in [0.15, 0.2) is 0 Å². The normalized spacial score (nSPS) is 11.0. The van der Waals surface area contributed by atoms with Gasteiger partial charge in [-0.15, -0.1) is 0 Å². The summed E-state index contributed by atoms with van der Waals surface area (Å²) in [5.41, 5.74) is 0. The van der Waals surface area contributed by atoms with E-state index in [0.29, 0.717) is 13.0 Å². The largest absolute Gasteiger partial charge is 0.466 e. The van der Waals surface area contributed by atoms with Crippen LogP contribution in [0.1, 0.15) is 78.6 Å². The van der Waals surface area contributed by atoms with Gasteiger partial charge in [-0.3, -0.25) is 4.79 Å². The van der Waals surface area contributed by atoms with Crippen molar-refractivity contribution in [1.82, 2.24) is 4.90 Å². The summed E-state index contributed by atoms with van der Waals surface area (Å²) in [5, 5.41) is 0. The average molecular weight is 285 g/mol. The Hall–Kier alpha value is -0.570. The zero-order chi connectivity index (χ0) is 15.1. The van der Waals surface area contributed by atoms with E-state index in [1.807, 2.05) is 0 Å². The Morgan fingerprint density at radius 2 is 1.50 bits per heavy atom. The molecule has 0 atom stereocenters. The molecule has 0 aliphatic rings. The smallest absolute Gasteiger partial charge is 0.305 e. The molecule has 3 nitrogen and oxygen atoms in total. The Morgan fingerprint density at radius 1 is 0.850 bits per heavy atom. The molecule has 0 saturated carbocycles. The number of esters is 1. The SMILES string of the molecule is CCCCCCCCC(=O)OCCCCN(CC)CC. The van der Waals surface area contributed by atoms with E-state index in [4.69, 9.17) is 4.74 Å². The van der Waals surface area contributed by atoms with Crippen LogP contribution in [0.2, 0.25) is 0 Å². The summed E-state index contributed by atoms with van der Waals surface area (Å²) in [5.74, 6) is -0.0108. The van der Waals surface area contributed by atoms with E-state index in [9.17, 15) is 4.79 Å². The van der Waals surface area contributed by atoms with E-state index in [1.165, 1.54) is 25.7 Å². The van der Waals surface area contributed by atoms with Gasteiger partial charge in [-0.05, 0) is 38.9 Å². The van der Waals surface area contributed by atoms with Gasteiger partial charge in [0, 0.05) is 6.42 Å². The van der Waals surface area contributed by atoms with Crippen molar-refractivity contribution in [3.05, 3.63) is 0 Å². The first-order valence-corrected chi connectivity index (χ1v) is 8.62. The molecule has 0 saturated heterocycles. The maximum Gasteiger partial charge on any atom is 0.305 e. The summed E-state index contributed by atoms with van der Waals surface area (Å²) < 4.78 is 5.26. The molecular weight excluding hydrogens is 250 g/mol. The second-order valence-electron chi connectivity index (χ2n) is 5.47. The first-order chi connectivity index (χ1) is 9.74. The number of unbranched alkanes of at least 4 members (excludes halogenated alkanes) is 6. The molecule has 0 spiro atoms. The van der Waals surface area contributed by atoms with Crippen molar-refractivity contribution in [2.45, 2.75) is 78.6 Å². The molecule has 0 unspecified atom stereocenters. The van der Waals surface area contributed by atoms with Crippen LogP contribution in [0.4, 0.5) is 0 Å². The number of hydrogen-bond acceptors (Lipinski definition) is 3. The number of nitrogens with zero attached hydrogens (tertiary/aromatic N) is 1. The van der Waals surface area contributed by atoms with Crippen molar-refractivity contribution in [3.8, 4) is 0 Å². The van der Waals surface area contributed by atoms with Crippen LogP contribution in [0.25, 0.3) is 0 Å². The van der Waals surface area contributed by atoms with Gasteiger partial charge in [0.25, 0.3) is 0 Å². The molecule has 0 N–H and O–H groups in total. The minimum Gasteiger partial charge on any atom is -0.466 e. The Labute approximate surface area is 126 Å². The highest BCUT2D eigenvalue weighted by molar-refractivity contribution is 5.69. The molecule has 20 heavy (non-hydrogen) atoms. The maximum atomic E-state index is 11.5. The fourth-order valence-electron chi connectivity index (χ4n) is 2.29. The predicted octanol–water partition coefficient (Wildman–Crippen LogP) is 4.40. The number of hydrogen-bond donors (Lipinski definition) is 0. The molecule has 120 valence electrons. The summed E-state index contributed by atoms with van der Waals surface area (Å²) >= 11 is 0. The monoisotopic (exact) mass is 285 g/mol. The van der Waals surface area contributed by atoms with Crippen LogP contribution < -0.4 is 0 Å². The third-order valence-electron chi connectivity index (χ3n) is 3.76. The first kappa shape index (κ1) is 19.4. The Morgan fingerprint density at radius 3 is 2.15 bits per heavy atom. The van der Waals surface area contributed by atoms with Gasteiger partial charge in [0.1, 0.15) is 0 Å². The third-order valence-corrected chi connectivity index (χ3v) is 3.76. The van der Waals surface area contributed by atoms with Crippen LogP contribution in [0, 0.1) is 0 Å². The van der Waals surface area contributed by atoms with Gasteiger partial charge in [0.2, 0.25) is 0 Å². The minimum atomic E-state index is -0.0108. The van der Waals surface area contributed by atoms with Crippen LogP contribution in [-0.4, -0.2) is 37.1 Å². The zero-order valence-electron chi connectivity index (χ0n) is 14.0. The molecular formula is C17H35NO2. The van der Waals surface area contributed by atoms with Gasteiger partial charge in [-0.1, -0.05) is 52.9 Å². The molecule has 0 heterocycles. The van der Waals surface area contributed by atoms with Gasteiger partial charge in [-0.25, -0.2) is 0 Å². The second-order valence-corrected chi connectivity index (χ2v) is 5.47. The predicted molar refractivity (Wildman–Crippen MR) is 86.0 cm³/mol. The molecule has 0 aromatic carbocycles. The Bertz CT molecular complexity index is 215. The fraction of sp³-hybridized carbons (Fsp3) is 0.941. The molecule has 0 aliphatic carbocycles. The number of carbonyl (C=O) groups excluding carboxylic acids is 1. The molecule has 0 rings (SSSR count). The lowest BCUT2D eigenvalue weighted by atomic mass is 10.1. The van der Waals surface area contributed by atoms with E-state index >= 15 is 0 Å². The molecule has 0 aromatic rings. The summed E-state index contributed by atoms with van der Waals surface area (Å²) in [6.07, 6.45) is 10.0. The lowest BCUT2D eigenvalue weighted by Gasteiger charge is -2.17. The highest BCUT2D eigenvalue weighted by atomic mass is 16.5. The van der Waals surface area contributed by atoms with Crippen LogP contribution in [0.3, 0.4) is 0 Å². The fourth-order valence-corrected chi connectivity index (χ4v) is 2.29. The van der Waals surface area contributed by atoms with Crippen molar-refractivity contribution in [2.75, 3.05) is 26.2 Å². The molecule has 0 amide bonds. The van der Waals surface area contributed by atoms with Gasteiger partial charge in [0.05, 0.1) is 6.61 Å². The third kappa shape index (κ3) is 12.5. The summed E-state index contributed by atoms with van der Waals surface area (Å²) in [4.78, 5) is 13.9. The molecule has 3 heteroatoms. The van der Waals surface area contributed by atoms with Gasteiger partial charge >= 0.3 is 5.97 Å². The standard InChI is InChI=1S/C17H35NO2/c1-4-7-8-9-10-11-14-17(19)20-16-13-12-15-18(5-2)6-3/h4-16H2,1-3H3. The lowest BCUT2D eigenvalue weighted by Crippen LogP contribution is -2.24. The van der Waals surface area contributed by atoms with E-state index in [0.717, 1.165) is 45.3 Å².